The smallest absolute Gasteiger partial charge is 0.406 e. The van der Waals surface area contributed by atoms with Gasteiger partial charge in [0.1, 0.15) is 11.5 Å². The zero-order valence-corrected chi connectivity index (χ0v) is 14.5. The molecule has 1 amide bonds. The van der Waals surface area contributed by atoms with E-state index in [0.717, 1.165) is 24.3 Å². The molecule has 0 spiro atoms. The minimum Gasteiger partial charge on any atom is -0.406 e. The highest BCUT2D eigenvalue weighted by Crippen LogP contribution is 2.59. The van der Waals surface area contributed by atoms with E-state index < -0.39 is 41.5 Å². The maximum atomic E-state index is 12.3. The lowest BCUT2D eigenvalue weighted by Gasteiger charge is -2.20. The largest absolute Gasteiger partial charge is 0.573 e. The van der Waals surface area contributed by atoms with Crippen LogP contribution in [0, 0.1) is 5.92 Å². The zero-order chi connectivity index (χ0) is 21.4. The first-order chi connectivity index (χ1) is 13.4. The Labute approximate surface area is 160 Å². The standard InChI is InChI=1S/C18H14F6N2O3/c19-17(20,21)28-12-5-1-10(2-6-12)16(9-14(16)15(27)26-25)11-3-7-13(8-4-11)29-18(22,23)24/h1-8,14H,9,25H2,(H,26,27). The molecular weight excluding hydrogens is 406 g/mol. The monoisotopic (exact) mass is 420 g/mol. The molecule has 1 unspecified atom stereocenters. The van der Waals surface area contributed by atoms with E-state index in [0.29, 0.717) is 11.1 Å². The molecule has 0 radical (unpaired) electrons. The Morgan fingerprint density at radius 2 is 1.24 bits per heavy atom. The van der Waals surface area contributed by atoms with Gasteiger partial charge in [-0.25, -0.2) is 5.84 Å². The normalized spacial score (nSPS) is 18.1. The van der Waals surface area contributed by atoms with Gasteiger partial charge in [-0.05, 0) is 41.8 Å². The van der Waals surface area contributed by atoms with Crippen LogP contribution in [0.4, 0.5) is 26.3 Å². The number of benzene rings is 2. The number of rotatable bonds is 5. The van der Waals surface area contributed by atoms with Crippen LogP contribution in [0.5, 0.6) is 11.5 Å². The Bertz CT molecular complexity index is 819. The molecule has 1 saturated carbocycles. The van der Waals surface area contributed by atoms with E-state index >= 15 is 0 Å². The predicted molar refractivity (Wildman–Crippen MR) is 87.5 cm³/mol. The summed E-state index contributed by atoms with van der Waals surface area (Å²) in [6.07, 6.45) is -9.43. The number of halogens is 6. The Hall–Kier alpha value is -2.95. The number of carbonyl (C=O) groups excluding carboxylic acids is 1. The molecule has 0 saturated heterocycles. The van der Waals surface area contributed by atoms with E-state index in [-0.39, 0.29) is 6.42 Å². The van der Waals surface area contributed by atoms with Crippen LogP contribution in [0.15, 0.2) is 48.5 Å². The van der Waals surface area contributed by atoms with Crippen LogP contribution in [0.1, 0.15) is 17.5 Å². The van der Waals surface area contributed by atoms with Crippen LogP contribution in [-0.4, -0.2) is 18.6 Å². The van der Waals surface area contributed by atoms with Crippen molar-refractivity contribution >= 4 is 5.91 Å². The van der Waals surface area contributed by atoms with Gasteiger partial charge in [-0.2, -0.15) is 0 Å². The fourth-order valence-corrected chi connectivity index (χ4v) is 3.39. The number of hydrazine groups is 1. The van der Waals surface area contributed by atoms with Crippen molar-refractivity contribution in [3.63, 3.8) is 0 Å². The Morgan fingerprint density at radius 1 is 0.862 bits per heavy atom. The molecule has 0 bridgehead atoms. The van der Waals surface area contributed by atoms with Crippen molar-refractivity contribution in [2.45, 2.75) is 24.6 Å². The molecule has 11 heteroatoms. The second-order valence-electron chi connectivity index (χ2n) is 6.38. The van der Waals surface area contributed by atoms with Crippen LogP contribution in [-0.2, 0) is 10.2 Å². The lowest BCUT2D eigenvalue weighted by molar-refractivity contribution is -0.275. The number of nitrogens with one attached hydrogen (secondary N) is 1. The van der Waals surface area contributed by atoms with Gasteiger partial charge in [0.25, 0.3) is 0 Å². The van der Waals surface area contributed by atoms with Gasteiger partial charge in [-0.15, -0.1) is 26.3 Å². The van der Waals surface area contributed by atoms with E-state index in [4.69, 9.17) is 5.84 Å². The number of carbonyl (C=O) groups is 1. The molecule has 1 aliphatic rings. The number of nitrogens with two attached hydrogens (primary N) is 1. The van der Waals surface area contributed by atoms with Gasteiger partial charge in [0.05, 0.1) is 5.92 Å². The van der Waals surface area contributed by atoms with Crippen molar-refractivity contribution in [3.8, 4) is 11.5 Å². The molecule has 2 aromatic carbocycles. The lowest BCUT2D eigenvalue weighted by atomic mass is 9.85. The van der Waals surface area contributed by atoms with E-state index in [1.165, 1.54) is 24.3 Å². The highest BCUT2D eigenvalue weighted by Gasteiger charge is 2.60. The van der Waals surface area contributed by atoms with Gasteiger partial charge in [0.2, 0.25) is 5.91 Å². The van der Waals surface area contributed by atoms with Crippen molar-refractivity contribution in [3.05, 3.63) is 59.7 Å². The molecule has 156 valence electrons. The van der Waals surface area contributed by atoms with Gasteiger partial charge < -0.3 is 9.47 Å². The van der Waals surface area contributed by atoms with Gasteiger partial charge in [0.15, 0.2) is 0 Å². The second kappa shape index (κ2) is 7.14. The minimum absolute atomic E-state index is 0.273. The van der Waals surface area contributed by atoms with Crippen molar-refractivity contribution in [2.75, 3.05) is 0 Å². The van der Waals surface area contributed by atoms with E-state index in [1.54, 1.807) is 0 Å². The molecule has 1 atom stereocenters. The number of alkyl halides is 6. The number of amides is 1. The van der Waals surface area contributed by atoms with Crippen molar-refractivity contribution in [1.29, 1.82) is 0 Å². The molecule has 0 aliphatic heterocycles. The van der Waals surface area contributed by atoms with Crippen LogP contribution >= 0.6 is 0 Å². The molecule has 1 aliphatic carbocycles. The summed E-state index contributed by atoms with van der Waals surface area (Å²) in [5.74, 6) is 3.16. The third-order valence-corrected chi connectivity index (χ3v) is 4.63. The number of hydrogen-bond donors (Lipinski definition) is 2. The van der Waals surface area contributed by atoms with Crippen LogP contribution in [0.3, 0.4) is 0 Å². The Balaban J connectivity index is 1.92. The molecule has 0 aromatic heterocycles. The highest BCUT2D eigenvalue weighted by atomic mass is 19.4. The molecule has 3 rings (SSSR count). The molecule has 5 nitrogen and oxygen atoms in total. The molecule has 29 heavy (non-hydrogen) atoms. The van der Waals surface area contributed by atoms with Crippen LogP contribution in [0.25, 0.3) is 0 Å². The summed E-state index contributed by atoms with van der Waals surface area (Å²) in [7, 11) is 0. The van der Waals surface area contributed by atoms with Crippen LogP contribution < -0.4 is 20.7 Å². The molecular formula is C18H14F6N2O3. The predicted octanol–water partition coefficient (Wildman–Crippen LogP) is 3.78. The SMILES string of the molecule is NNC(=O)C1CC1(c1ccc(OC(F)(F)F)cc1)c1ccc(OC(F)(F)F)cc1. The van der Waals surface area contributed by atoms with Crippen LogP contribution in [0.2, 0.25) is 0 Å². The minimum atomic E-state index is -4.85. The summed E-state index contributed by atoms with van der Waals surface area (Å²) in [5, 5.41) is 0. The number of ether oxygens (including phenoxy) is 2. The summed E-state index contributed by atoms with van der Waals surface area (Å²) in [5.41, 5.74) is 2.05. The zero-order valence-electron chi connectivity index (χ0n) is 14.5. The summed E-state index contributed by atoms with van der Waals surface area (Å²) in [6.45, 7) is 0. The summed E-state index contributed by atoms with van der Waals surface area (Å²) < 4.78 is 81.7. The lowest BCUT2D eigenvalue weighted by Crippen LogP contribution is -2.34. The van der Waals surface area contributed by atoms with Crippen molar-refractivity contribution < 1.29 is 40.6 Å². The van der Waals surface area contributed by atoms with Gasteiger partial charge >= 0.3 is 12.7 Å². The van der Waals surface area contributed by atoms with E-state index in [1.807, 2.05) is 5.43 Å². The van der Waals surface area contributed by atoms with E-state index in [9.17, 15) is 31.1 Å². The maximum Gasteiger partial charge on any atom is 0.573 e. The summed E-state index contributed by atoms with van der Waals surface area (Å²) >= 11 is 0. The average Bonchev–Trinajstić information content (AvgIpc) is 3.36. The molecule has 2 aromatic rings. The second-order valence-corrected chi connectivity index (χ2v) is 6.38. The topological polar surface area (TPSA) is 73.6 Å². The third kappa shape index (κ3) is 4.56. The Kier molecular flexibility index (Phi) is 5.11. The first-order valence-electron chi connectivity index (χ1n) is 8.18. The fourth-order valence-electron chi connectivity index (χ4n) is 3.39. The summed E-state index contributed by atoms with van der Waals surface area (Å²) in [4.78, 5) is 12.1. The first-order valence-corrected chi connectivity index (χ1v) is 8.18. The van der Waals surface area contributed by atoms with E-state index in [2.05, 4.69) is 9.47 Å². The highest BCUT2D eigenvalue weighted by molar-refractivity contribution is 5.85. The molecule has 3 N–H and O–H groups in total. The molecule has 0 heterocycles. The Morgan fingerprint density at radius 3 is 1.55 bits per heavy atom. The summed E-state index contributed by atoms with van der Waals surface area (Å²) in [6, 6.07) is 9.86. The van der Waals surface area contributed by atoms with Gasteiger partial charge in [-0.3, -0.25) is 10.2 Å². The average molecular weight is 420 g/mol. The van der Waals surface area contributed by atoms with Crippen molar-refractivity contribution in [2.24, 2.45) is 11.8 Å². The van der Waals surface area contributed by atoms with Crippen molar-refractivity contribution in [1.82, 2.24) is 5.43 Å². The quantitative estimate of drug-likeness (QED) is 0.334. The maximum absolute atomic E-state index is 12.3. The first kappa shape index (κ1) is 20.8. The van der Waals surface area contributed by atoms with Gasteiger partial charge in [0, 0.05) is 5.41 Å². The third-order valence-electron chi connectivity index (χ3n) is 4.63. The number of hydrogen-bond acceptors (Lipinski definition) is 4. The fraction of sp³-hybridized carbons (Fsp3) is 0.278. The molecule has 1 fully saturated rings. The van der Waals surface area contributed by atoms with Gasteiger partial charge in [-0.1, -0.05) is 24.3 Å².